The molecule has 0 radical (unpaired) electrons. The molecule has 118 valence electrons. The molecule has 0 saturated heterocycles. The Labute approximate surface area is 129 Å². The minimum Gasteiger partial charge on any atom is -0.468 e. The maximum Gasteiger partial charge on any atom is 0.358 e. The van der Waals surface area contributed by atoms with Crippen LogP contribution in [0.2, 0.25) is 0 Å². The monoisotopic (exact) mass is 322 g/mol. The van der Waals surface area contributed by atoms with E-state index < -0.39 is 7.60 Å². The molecule has 2 aromatic rings. The lowest BCUT2D eigenvalue weighted by molar-refractivity contribution is 0.0985. The van der Waals surface area contributed by atoms with Crippen LogP contribution in [-0.4, -0.2) is 23.4 Å². The van der Waals surface area contributed by atoms with Gasteiger partial charge in [0.2, 0.25) is 0 Å². The molecule has 2 aromatic carbocycles. The second-order valence-electron chi connectivity index (χ2n) is 4.70. The first-order valence-electron chi connectivity index (χ1n) is 6.94. The Hall–Kier alpha value is -1.65. The fraction of sp³-hybridized carbons (Fsp3) is 0.250. The van der Waals surface area contributed by atoms with Crippen LogP contribution in [0.15, 0.2) is 48.5 Å². The number of hydrogen-bond donors (Lipinski definition) is 2. The van der Waals surface area contributed by atoms with Gasteiger partial charge in [-0.2, -0.15) is 0 Å². The van der Waals surface area contributed by atoms with E-state index in [0.717, 1.165) is 11.1 Å². The van der Waals surface area contributed by atoms with Crippen molar-refractivity contribution in [1.82, 2.24) is 0 Å². The second kappa shape index (κ2) is 7.56. The molecule has 5 nitrogen and oxygen atoms in total. The van der Waals surface area contributed by atoms with Gasteiger partial charge in [-0.05, 0) is 48.7 Å². The summed E-state index contributed by atoms with van der Waals surface area (Å²) in [6, 6.07) is 14.3. The summed E-state index contributed by atoms with van der Waals surface area (Å²) < 4.78 is 21.7. The van der Waals surface area contributed by atoms with Crippen molar-refractivity contribution in [3.05, 3.63) is 59.7 Å². The van der Waals surface area contributed by atoms with Crippen molar-refractivity contribution in [3.63, 3.8) is 0 Å². The third-order valence-electron chi connectivity index (χ3n) is 3.13. The highest BCUT2D eigenvalue weighted by molar-refractivity contribution is 7.61. The average molecular weight is 322 g/mol. The van der Waals surface area contributed by atoms with Gasteiger partial charge in [-0.3, -0.25) is 4.57 Å². The first kappa shape index (κ1) is 16.7. The van der Waals surface area contributed by atoms with Gasteiger partial charge in [0.05, 0.1) is 11.9 Å². The van der Waals surface area contributed by atoms with E-state index in [2.05, 4.69) is 0 Å². The van der Waals surface area contributed by atoms with Crippen LogP contribution >= 0.6 is 7.60 Å². The zero-order chi connectivity index (χ0) is 16.0. The number of aliphatic hydroxyl groups is 1. The molecule has 0 saturated carbocycles. The van der Waals surface area contributed by atoms with Crippen LogP contribution in [-0.2, 0) is 15.5 Å². The smallest absolute Gasteiger partial charge is 0.358 e. The minimum atomic E-state index is -3.70. The largest absolute Gasteiger partial charge is 0.468 e. The quantitative estimate of drug-likeness (QED) is 0.605. The van der Waals surface area contributed by atoms with Crippen molar-refractivity contribution >= 4 is 12.9 Å². The van der Waals surface area contributed by atoms with Gasteiger partial charge in [0.1, 0.15) is 5.75 Å². The van der Waals surface area contributed by atoms with Gasteiger partial charge < -0.3 is 19.3 Å². The molecule has 0 amide bonds. The topological polar surface area (TPSA) is 76.0 Å². The van der Waals surface area contributed by atoms with E-state index in [4.69, 9.17) is 14.4 Å². The summed E-state index contributed by atoms with van der Waals surface area (Å²) in [5.41, 5.74) is 2.10. The van der Waals surface area contributed by atoms with Gasteiger partial charge in [-0.1, -0.05) is 24.3 Å². The highest BCUT2D eigenvalue weighted by atomic mass is 31.2. The Morgan fingerprint density at radius 3 is 2.05 bits per heavy atom. The average Bonchev–Trinajstić information content (AvgIpc) is 2.50. The fourth-order valence-electron chi connectivity index (χ4n) is 2.07. The van der Waals surface area contributed by atoms with Crippen LogP contribution in [0.4, 0.5) is 0 Å². The zero-order valence-corrected chi connectivity index (χ0v) is 13.2. The number of ether oxygens (including phenoxy) is 1. The van der Waals surface area contributed by atoms with Crippen LogP contribution in [0.3, 0.4) is 0 Å². The lowest BCUT2D eigenvalue weighted by atomic mass is 10.1. The predicted molar refractivity (Wildman–Crippen MR) is 84.5 cm³/mol. The molecule has 0 spiro atoms. The normalized spacial score (nSPS) is 13.6. The van der Waals surface area contributed by atoms with Crippen LogP contribution in [0.1, 0.15) is 18.1 Å². The van der Waals surface area contributed by atoms with Crippen molar-refractivity contribution in [2.45, 2.75) is 13.3 Å². The summed E-state index contributed by atoms with van der Waals surface area (Å²) in [7, 11) is -3.70. The highest BCUT2D eigenvalue weighted by Crippen LogP contribution is 2.40. The number of rotatable bonds is 7. The lowest BCUT2D eigenvalue weighted by Gasteiger charge is -2.11. The third-order valence-corrected chi connectivity index (χ3v) is 4.69. The molecule has 1 atom stereocenters. The Morgan fingerprint density at radius 2 is 1.55 bits per heavy atom. The fourth-order valence-corrected chi connectivity index (χ4v) is 3.09. The maximum atomic E-state index is 11.9. The lowest BCUT2D eigenvalue weighted by Crippen LogP contribution is -2.07. The number of benzene rings is 2. The number of aliphatic hydroxyl groups excluding tert-OH is 1. The molecule has 0 aliphatic carbocycles. The van der Waals surface area contributed by atoms with E-state index in [1.807, 2.05) is 24.3 Å². The third kappa shape index (κ3) is 4.42. The van der Waals surface area contributed by atoms with Crippen LogP contribution in [0.25, 0.3) is 0 Å². The van der Waals surface area contributed by atoms with Gasteiger partial charge in [0.25, 0.3) is 0 Å². The summed E-state index contributed by atoms with van der Waals surface area (Å²) in [5.74, 6) is 0.611. The minimum absolute atomic E-state index is 0.192. The van der Waals surface area contributed by atoms with E-state index in [9.17, 15) is 9.46 Å². The van der Waals surface area contributed by atoms with Crippen LogP contribution in [0.5, 0.6) is 5.75 Å². The van der Waals surface area contributed by atoms with Crippen LogP contribution in [0, 0.1) is 0 Å². The highest BCUT2D eigenvalue weighted by Gasteiger charge is 2.21. The van der Waals surface area contributed by atoms with E-state index in [-0.39, 0.29) is 13.4 Å². The van der Waals surface area contributed by atoms with Gasteiger partial charge in [0.15, 0.2) is 6.79 Å². The Kier molecular flexibility index (Phi) is 5.75. The zero-order valence-electron chi connectivity index (χ0n) is 12.3. The predicted octanol–water partition coefficient (Wildman–Crippen LogP) is 2.45. The summed E-state index contributed by atoms with van der Waals surface area (Å²) in [4.78, 5) is 9.75. The van der Waals surface area contributed by atoms with Crippen molar-refractivity contribution in [1.29, 1.82) is 0 Å². The SMILES string of the molecule is CCOP(=O)(O)c1ccc(Cc2ccc(OCO)cc2)cc1. The standard InChI is InChI=1S/C16H19O5P/c1-2-21-22(18,19)16-9-5-14(6-10-16)11-13-3-7-15(8-4-13)20-12-17/h3-10,17H,2,11-12H2,1H3,(H,18,19). The Bertz CT molecular complexity index is 637. The Morgan fingerprint density at radius 1 is 1.00 bits per heavy atom. The summed E-state index contributed by atoms with van der Waals surface area (Å²) in [6.45, 7) is 1.53. The van der Waals surface area contributed by atoms with Crippen molar-refractivity contribution in [3.8, 4) is 5.75 Å². The van der Waals surface area contributed by atoms with E-state index in [0.29, 0.717) is 17.5 Å². The van der Waals surface area contributed by atoms with Crippen molar-refractivity contribution in [2.75, 3.05) is 13.4 Å². The number of hydrogen-bond acceptors (Lipinski definition) is 4. The molecule has 2 N–H and O–H groups in total. The van der Waals surface area contributed by atoms with Gasteiger partial charge in [0, 0.05) is 0 Å². The molecular weight excluding hydrogens is 303 g/mol. The van der Waals surface area contributed by atoms with Crippen LogP contribution < -0.4 is 10.0 Å². The maximum absolute atomic E-state index is 11.9. The summed E-state index contributed by atoms with van der Waals surface area (Å²) >= 11 is 0. The van der Waals surface area contributed by atoms with Gasteiger partial charge in [-0.15, -0.1) is 0 Å². The molecule has 0 fully saturated rings. The summed E-state index contributed by atoms with van der Waals surface area (Å²) in [6.07, 6.45) is 0.698. The first-order valence-corrected chi connectivity index (χ1v) is 8.52. The molecular formula is C16H19O5P. The second-order valence-corrected chi connectivity index (χ2v) is 6.51. The van der Waals surface area contributed by atoms with E-state index >= 15 is 0 Å². The molecule has 0 aliphatic rings. The molecule has 22 heavy (non-hydrogen) atoms. The van der Waals surface area contributed by atoms with Gasteiger partial charge in [-0.25, -0.2) is 0 Å². The Balaban J connectivity index is 2.06. The molecule has 2 rings (SSSR count). The van der Waals surface area contributed by atoms with E-state index in [1.54, 1.807) is 31.2 Å². The molecule has 0 bridgehead atoms. The molecule has 1 unspecified atom stereocenters. The molecule has 6 heteroatoms. The van der Waals surface area contributed by atoms with Crippen molar-refractivity contribution < 1.29 is 23.8 Å². The first-order chi connectivity index (χ1) is 10.5. The molecule has 0 aliphatic heterocycles. The molecule has 0 heterocycles. The van der Waals surface area contributed by atoms with Gasteiger partial charge >= 0.3 is 7.60 Å². The molecule has 0 aromatic heterocycles. The van der Waals surface area contributed by atoms with E-state index in [1.165, 1.54) is 0 Å². The van der Waals surface area contributed by atoms with Crippen molar-refractivity contribution in [2.24, 2.45) is 0 Å². The summed E-state index contributed by atoms with van der Waals surface area (Å²) in [5, 5.41) is 8.97.